The Bertz CT molecular complexity index is 821. The van der Waals surface area contributed by atoms with Crippen molar-refractivity contribution in [2.24, 2.45) is 5.73 Å². The lowest BCUT2D eigenvalue weighted by atomic mass is 9.99. The number of rotatable bonds is 7. The van der Waals surface area contributed by atoms with Crippen LogP contribution in [0.25, 0.3) is 0 Å². The molecule has 0 aromatic heterocycles. The largest absolute Gasteiger partial charge is 0.494 e. The van der Waals surface area contributed by atoms with Crippen molar-refractivity contribution in [2.75, 3.05) is 13.7 Å². The van der Waals surface area contributed by atoms with Gasteiger partial charge < -0.3 is 10.5 Å². The minimum absolute atomic E-state index is 0.0308. The van der Waals surface area contributed by atoms with Crippen molar-refractivity contribution >= 4 is 10.0 Å². The lowest BCUT2D eigenvalue weighted by molar-refractivity contribution is 0.385. The zero-order valence-electron chi connectivity index (χ0n) is 14.5. The smallest absolute Gasteiger partial charge is 0.240 e. The maximum Gasteiger partial charge on any atom is 0.240 e. The second kappa shape index (κ2) is 7.95. The monoisotopic (exact) mass is 366 g/mol. The molecule has 2 aromatic rings. The third kappa shape index (κ3) is 4.78. The molecule has 0 fully saturated rings. The number of nitrogens with two attached hydrogens (primary N) is 1. The molecule has 0 saturated carbocycles. The molecule has 0 aliphatic heterocycles. The van der Waals surface area contributed by atoms with Crippen molar-refractivity contribution in [3.8, 4) is 5.75 Å². The van der Waals surface area contributed by atoms with E-state index in [-0.39, 0.29) is 17.2 Å². The van der Waals surface area contributed by atoms with Crippen LogP contribution in [0.1, 0.15) is 36.9 Å². The summed E-state index contributed by atoms with van der Waals surface area (Å²) >= 11 is 0. The van der Waals surface area contributed by atoms with Gasteiger partial charge in [-0.15, -0.1) is 0 Å². The molecule has 3 N–H and O–H groups in total. The minimum atomic E-state index is -3.81. The molecule has 0 amide bonds. The molecule has 1 atom stereocenters. The molecule has 0 radical (unpaired) electrons. The van der Waals surface area contributed by atoms with Crippen molar-refractivity contribution in [1.82, 2.24) is 4.72 Å². The van der Waals surface area contributed by atoms with Gasteiger partial charge in [-0.25, -0.2) is 17.5 Å². The van der Waals surface area contributed by atoms with Gasteiger partial charge in [0.2, 0.25) is 10.0 Å². The van der Waals surface area contributed by atoms with Crippen LogP contribution in [0.2, 0.25) is 0 Å². The van der Waals surface area contributed by atoms with Crippen LogP contribution in [0.5, 0.6) is 5.75 Å². The maximum atomic E-state index is 13.4. The van der Waals surface area contributed by atoms with Crippen LogP contribution >= 0.6 is 0 Å². The summed E-state index contributed by atoms with van der Waals surface area (Å²) < 4.78 is 45.4. The van der Waals surface area contributed by atoms with Crippen LogP contribution in [-0.4, -0.2) is 22.1 Å². The molecule has 2 rings (SSSR count). The SMILES string of the molecule is COc1cc(S(=O)(=O)NCC(N)c2ccc(C(C)C)cc2)ccc1F. The summed E-state index contributed by atoms with van der Waals surface area (Å²) in [4.78, 5) is -0.0758. The van der Waals surface area contributed by atoms with Gasteiger partial charge in [0.15, 0.2) is 11.6 Å². The van der Waals surface area contributed by atoms with E-state index in [1.807, 2.05) is 24.3 Å². The second-order valence-corrected chi connectivity index (χ2v) is 7.84. The van der Waals surface area contributed by atoms with E-state index in [0.29, 0.717) is 5.92 Å². The van der Waals surface area contributed by atoms with Gasteiger partial charge in [0, 0.05) is 18.7 Å². The highest BCUT2D eigenvalue weighted by Gasteiger charge is 2.18. The first-order valence-corrected chi connectivity index (χ1v) is 9.41. The van der Waals surface area contributed by atoms with Crippen molar-refractivity contribution in [1.29, 1.82) is 0 Å². The summed E-state index contributed by atoms with van der Waals surface area (Å²) in [6.45, 7) is 4.23. The molecule has 136 valence electrons. The number of benzene rings is 2. The third-order valence-electron chi connectivity index (χ3n) is 3.96. The summed E-state index contributed by atoms with van der Waals surface area (Å²) in [5, 5.41) is 0. The van der Waals surface area contributed by atoms with Gasteiger partial charge in [-0.05, 0) is 29.2 Å². The summed E-state index contributed by atoms with van der Waals surface area (Å²) in [6, 6.07) is 10.7. The fourth-order valence-electron chi connectivity index (χ4n) is 2.34. The Balaban J connectivity index is 2.08. The Kier molecular flexibility index (Phi) is 6.16. The Labute approximate surface area is 148 Å². The van der Waals surface area contributed by atoms with Gasteiger partial charge in [0.25, 0.3) is 0 Å². The number of sulfonamides is 1. The standard InChI is InChI=1S/C18H23FN2O3S/c1-12(2)13-4-6-14(7-5-13)17(20)11-21-25(22,23)15-8-9-16(19)18(10-15)24-3/h4-10,12,17,21H,11,20H2,1-3H3. The van der Waals surface area contributed by atoms with E-state index in [1.54, 1.807) is 0 Å². The van der Waals surface area contributed by atoms with E-state index in [0.717, 1.165) is 17.7 Å². The average molecular weight is 366 g/mol. The highest BCUT2D eigenvalue weighted by Crippen LogP contribution is 2.22. The predicted molar refractivity (Wildman–Crippen MR) is 95.6 cm³/mol. The van der Waals surface area contributed by atoms with Crippen molar-refractivity contribution in [3.05, 3.63) is 59.4 Å². The molecule has 0 aliphatic carbocycles. The fraction of sp³-hybridized carbons (Fsp3) is 0.333. The fourth-order valence-corrected chi connectivity index (χ4v) is 3.41. The van der Waals surface area contributed by atoms with E-state index in [9.17, 15) is 12.8 Å². The van der Waals surface area contributed by atoms with Gasteiger partial charge in [-0.2, -0.15) is 0 Å². The second-order valence-electron chi connectivity index (χ2n) is 6.08. The molecular formula is C18H23FN2O3S. The maximum absolute atomic E-state index is 13.4. The van der Waals surface area contributed by atoms with E-state index in [4.69, 9.17) is 10.5 Å². The van der Waals surface area contributed by atoms with Crippen LogP contribution in [0.3, 0.4) is 0 Å². The van der Waals surface area contributed by atoms with Gasteiger partial charge in [-0.3, -0.25) is 0 Å². The number of nitrogens with one attached hydrogen (secondary N) is 1. The van der Waals surface area contributed by atoms with Crippen LogP contribution in [-0.2, 0) is 10.0 Å². The summed E-state index contributed by atoms with van der Waals surface area (Å²) in [5.74, 6) is -0.336. The number of hydrogen-bond donors (Lipinski definition) is 2. The molecular weight excluding hydrogens is 343 g/mol. The van der Waals surface area contributed by atoms with Gasteiger partial charge in [0.05, 0.1) is 12.0 Å². The zero-order chi connectivity index (χ0) is 18.6. The first kappa shape index (κ1) is 19.4. The van der Waals surface area contributed by atoms with Crippen molar-refractivity contribution in [2.45, 2.75) is 30.7 Å². The molecule has 0 heterocycles. The normalized spacial score (nSPS) is 13.0. The quantitative estimate of drug-likeness (QED) is 0.789. The molecule has 0 saturated heterocycles. The van der Waals surface area contributed by atoms with E-state index in [2.05, 4.69) is 18.6 Å². The topological polar surface area (TPSA) is 81.4 Å². The highest BCUT2D eigenvalue weighted by molar-refractivity contribution is 7.89. The number of hydrogen-bond acceptors (Lipinski definition) is 4. The van der Waals surface area contributed by atoms with E-state index < -0.39 is 21.9 Å². The molecule has 5 nitrogen and oxygen atoms in total. The Morgan fingerprint density at radius 1 is 1.12 bits per heavy atom. The third-order valence-corrected chi connectivity index (χ3v) is 5.38. The van der Waals surface area contributed by atoms with Crippen LogP contribution < -0.4 is 15.2 Å². The lowest BCUT2D eigenvalue weighted by Gasteiger charge is -2.15. The molecule has 0 aliphatic rings. The molecule has 7 heteroatoms. The van der Waals surface area contributed by atoms with Gasteiger partial charge >= 0.3 is 0 Å². The zero-order valence-corrected chi connectivity index (χ0v) is 15.3. The number of halogens is 1. The first-order chi connectivity index (χ1) is 11.7. The Morgan fingerprint density at radius 3 is 2.28 bits per heavy atom. The van der Waals surface area contributed by atoms with Crippen LogP contribution in [0.15, 0.2) is 47.4 Å². The average Bonchev–Trinajstić information content (AvgIpc) is 2.60. The molecule has 25 heavy (non-hydrogen) atoms. The summed E-state index contributed by atoms with van der Waals surface area (Å²) in [5.41, 5.74) is 8.10. The summed E-state index contributed by atoms with van der Waals surface area (Å²) in [7, 11) is -2.53. The number of ether oxygens (including phenoxy) is 1. The van der Waals surface area contributed by atoms with Crippen molar-refractivity contribution < 1.29 is 17.5 Å². The summed E-state index contributed by atoms with van der Waals surface area (Å²) in [6.07, 6.45) is 0. The molecule has 0 spiro atoms. The number of methoxy groups -OCH3 is 1. The van der Waals surface area contributed by atoms with Crippen molar-refractivity contribution in [3.63, 3.8) is 0 Å². The molecule has 1 unspecified atom stereocenters. The molecule has 2 aromatic carbocycles. The Morgan fingerprint density at radius 2 is 1.72 bits per heavy atom. The predicted octanol–water partition coefficient (Wildman–Crippen LogP) is 2.94. The van der Waals surface area contributed by atoms with E-state index in [1.165, 1.54) is 18.7 Å². The minimum Gasteiger partial charge on any atom is -0.494 e. The first-order valence-electron chi connectivity index (χ1n) is 7.93. The van der Waals surface area contributed by atoms with Gasteiger partial charge in [0.1, 0.15) is 0 Å². The van der Waals surface area contributed by atoms with E-state index >= 15 is 0 Å². The molecule has 0 bridgehead atoms. The Hall–Kier alpha value is -1.96. The highest BCUT2D eigenvalue weighted by atomic mass is 32.2. The van der Waals surface area contributed by atoms with Gasteiger partial charge in [-0.1, -0.05) is 38.1 Å². The van der Waals surface area contributed by atoms with Crippen LogP contribution in [0, 0.1) is 5.82 Å². The lowest BCUT2D eigenvalue weighted by Crippen LogP contribution is -2.32. The van der Waals surface area contributed by atoms with Crippen LogP contribution in [0.4, 0.5) is 4.39 Å².